The van der Waals surface area contributed by atoms with Gasteiger partial charge in [-0.05, 0) is 25.1 Å². The van der Waals surface area contributed by atoms with Crippen molar-refractivity contribution in [2.24, 2.45) is 0 Å². The summed E-state index contributed by atoms with van der Waals surface area (Å²) >= 11 is 0. The number of hydrogen-bond donors (Lipinski definition) is 2. The van der Waals surface area contributed by atoms with Crippen LogP contribution < -0.4 is 10.5 Å². The van der Waals surface area contributed by atoms with Crippen molar-refractivity contribution in [2.45, 2.75) is 17.9 Å². The first-order valence-corrected chi connectivity index (χ1v) is 7.20. The Morgan fingerprint density at radius 1 is 1.45 bits per heavy atom. The Morgan fingerprint density at radius 3 is 2.55 bits per heavy atom. The molecule has 0 saturated carbocycles. The van der Waals surface area contributed by atoms with E-state index in [4.69, 9.17) is 11.0 Å². The van der Waals surface area contributed by atoms with Crippen molar-refractivity contribution in [1.82, 2.24) is 9.62 Å². The Bertz CT molecular complexity index is 662. The lowest BCUT2D eigenvalue weighted by Crippen LogP contribution is -2.44. The third-order valence-corrected chi connectivity index (χ3v) is 4.16. The van der Waals surface area contributed by atoms with E-state index in [2.05, 4.69) is 4.72 Å². The van der Waals surface area contributed by atoms with Crippen LogP contribution in [-0.2, 0) is 14.8 Å². The van der Waals surface area contributed by atoms with E-state index < -0.39 is 16.1 Å². The number of nitrogens with zero attached hydrogens (tertiary/aromatic N) is 2. The summed E-state index contributed by atoms with van der Waals surface area (Å²) in [6, 6.07) is 4.73. The molecular formula is C12H16N4O3S. The van der Waals surface area contributed by atoms with Crippen LogP contribution in [0.1, 0.15) is 12.5 Å². The fourth-order valence-corrected chi connectivity index (χ4v) is 2.94. The van der Waals surface area contributed by atoms with E-state index in [1.165, 1.54) is 44.1 Å². The van der Waals surface area contributed by atoms with Crippen LogP contribution in [0.3, 0.4) is 0 Å². The number of nitrogens with two attached hydrogens (primary N) is 1. The molecule has 0 aliphatic rings. The molecule has 20 heavy (non-hydrogen) atoms. The molecule has 0 aliphatic heterocycles. The SMILES string of the molecule is CC(NS(=O)(=O)c1ccc(N)cc1C#N)C(=O)N(C)C. The number of nitriles is 1. The highest BCUT2D eigenvalue weighted by molar-refractivity contribution is 7.89. The minimum atomic E-state index is -3.97. The zero-order valence-electron chi connectivity index (χ0n) is 11.4. The van der Waals surface area contributed by atoms with Gasteiger partial charge in [0.2, 0.25) is 15.9 Å². The van der Waals surface area contributed by atoms with Gasteiger partial charge in [-0.25, -0.2) is 8.42 Å². The Labute approximate surface area is 118 Å². The van der Waals surface area contributed by atoms with E-state index in [-0.39, 0.29) is 22.1 Å². The van der Waals surface area contributed by atoms with Gasteiger partial charge >= 0.3 is 0 Å². The van der Waals surface area contributed by atoms with E-state index in [0.29, 0.717) is 0 Å². The Kier molecular flexibility index (Phi) is 4.70. The predicted octanol–water partition coefficient (Wildman–Crippen LogP) is -0.105. The molecule has 0 saturated heterocycles. The quantitative estimate of drug-likeness (QED) is 0.752. The first kappa shape index (κ1) is 15.9. The van der Waals surface area contributed by atoms with Crippen LogP contribution in [0, 0.1) is 11.3 Å². The van der Waals surface area contributed by atoms with Gasteiger partial charge in [0.15, 0.2) is 0 Å². The molecule has 108 valence electrons. The fourth-order valence-electron chi connectivity index (χ4n) is 1.60. The molecular weight excluding hydrogens is 280 g/mol. The number of amides is 1. The summed E-state index contributed by atoms with van der Waals surface area (Å²) in [6.07, 6.45) is 0. The Morgan fingerprint density at radius 2 is 2.05 bits per heavy atom. The van der Waals surface area contributed by atoms with E-state index in [9.17, 15) is 13.2 Å². The first-order valence-electron chi connectivity index (χ1n) is 5.72. The number of hydrogen-bond acceptors (Lipinski definition) is 5. The fraction of sp³-hybridized carbons (Fsp3) is 0.333. The second-order valence-electron chi connectivity index (χ2n) is 4.44. The van der Waals surface area contributed by atoms with Crippen LogP contribution in [0.25, 0.3) is 0 Å². The molecule has 1 rings (SSSR count). The van der Waals surface area contributed by atoms with Crippen molar-refractivity contribution in [3.8, 4) is 6.07 Å². The second-order valence-corrected chi connectivity index (χ2v) is 6.13. The van der Waals surface area contributed by atoms with Crippen LogP contribution in [0.2, 0.25) is 0 Å². The lowest BCUT2D eigenvalue weighted by Gasteiger charge is -2.18. The number of benzene rings is 1. The molecule has 8 heteroatoms. The number of carbonyl (C=O) groups excluding carboxylic acids is 1. The standard InChI is InChI=1S/C12H16N4O3S/c1-8(12(17)16(2)3)15-20(18,19)11-5-4-10(14)6-9(11)7-13/h4-6,8,15H,14H2,1-3H3. The Hall–Kier alpha value is -2.11. The summed E-state index contributed by atoms with van der Waals surface area (Å²) in [5, 5.41) is 8.96. The molecule has 0 bridgehead atoms. The summed E-state index contributed by atoms with van der Waals surface area (Å²) in [7, 11) is -0.923. The maximum absolute atomic E-state index is 12.2. The molecule has 0 aliphatic carbocycles. The van der Waals surface area contributed by atoms with Gasteiger partial charge in [0.05, 0.1) is 16.5 Å². The van der Waals surface area contributed by atoms with Crippen LogP contribution in [0.15, 0.2) is 23.1 Å². The molecule has 1 aromatic carbocycles. The molecule has 7 nitrogen and oxygen atoms in total. The first-order chi connectivity index (χ1) is 9.19. The summed E-state index contributed by atoms with van der Waals surface area (Å²) in [5.74, 6) is -0.387. The normalized spacial score (nSPS) is 12.5. The van der Waals surface area contributed by atoms with E-state index in [1.54, 1.807) is 6.07 Å². The van der Waals surface area contributed by atoms with Gasteiger partial charge in [0.1, 0.15) is 6.07 Å². The third-order valence-electron chi connectivity index (χ3n) is 2.56. The van der Waals surface area contributed by atoms with Crippen LogP contribution in [-0.4, -0.2) is 39.4 Å². The van der Waals surface area contributed by atoms with Crippen LogP contribution >= 0.6 is 0 Å². The minimum absolute atomic E-state index is 0.0676. The van der Waals surface area contributed by atoms with E-state index in [0.717, 1.165) is 0 Å². The second kappa shape index (κ2) is 5.90. The maximum atomic E-state index is 12.2. The zero-order chi connectivity index (χ0) is 15.5. The van der Waals surface area contributed by atoms with Gasteiger partial charge < -0.3 is 10.6 Å². The molecule has 0 aromatic heterocycles. The number of anilines is 1. The lowest BCUT2D eigenvalue weighted by atomic mass is 10.2. The molecule has 0 spiro atoms. The van der Waals surface area contributed by atoms with Gasteiger partial charge in [0.25, 0.3) is 0 Å². The molecule has 1 amide bonds. The largest absolute Gasteiger partial charge is 0.399 e. The third kappa shape index (κ3) is 3.46. The van der Waals surface area contributed by atoms with Crippen LogP contribution in [0.5, 0.6) is 0 Å². The number of rotatable bonds is 4. The summed E-state index contributed by atoms with van der Waals surface area (Å²) in [6.45, 7) is 1.43. The highest BCUT2D eigenvalue weighted by Gasteiger charge is 2.25. The molecule has 1 aromatic rings. The Balaban J connectivity index is 3.13. The van der Waals surface area contributed by atoms with Crippen molar-refractivity contribution in [1.29, 1.82) is 5.26 Å². The lowest BCUT2D eigenvalue weighted by molar-refractivity contribution is -0.130. The number of sulfonamides is 1. The summed E-state index contributed by atoms with van der Waals surface area (Å²) in [4.78, 5) is 12.8. The average molecular weight is 296 g/mol. The van der Waals surface area contributed by atoms with Gasteiger partial charge in [0, 0.05) is 19.8 Å². The topological polar surface area (TPSA) is 116 Å². The van der Waals surface area contributed by atoms with Gasteiger partial charge in [-0.1, -0.05) is 0 Å². The monoisotopic (exact) mass is 296 g/mol. The van der Waals surface area contributed by atoms with Gasteiger partial charge in [-0.3, -0.25) is 4.79 Å². The highest BCUT2D eigenvalue weighted by atomic mass is 32.2. The number of carbonyl (C=O) groups is 1. The van der Waals surface area contributed by atoms with Gasteiger partial charge in [-0.2, -0.15) is 9.98 Å². The van der Waals surface area contributed by atoms with Crippen LogP contribution in [0.4, 0.5) is 5.69 Å². The van der Waals surface area contributed by atoms with Gasteiger partial charge in [-0.15, -0.1) is 0 Å². The molecule has 0 fully saturated rings. The molecule has 1 atom stereocenters. The van der Waals surface area contributed by atoms with Crippen molar-refractivity contribution in [2.75, 3.05) is 19.8 Å². The maximum Gasteiger partial charge on any atom is 0.242 e. The molecule has 1 unspecified atom stereocenters. The molecule has 3 N–H and O–H groups in total. The molecule has 0 radical (unpaired) electrons. The highest BCUT2D eigenvalue weighted by Crippen LogP contribution is 2.18. The number of nitrogen functional groups attached to an aromatic ring is 1. The zero-order valence-corrected chi connectivity index (χ0v) is 12.2. The average Bonchev–Trinajstić information content (AvgIpc) is 2.36. The van der Waals surface area contributed by atoms with Crippen molar-refractivity contribution >= 4 is 21.6 Å². The van der Waals surface area contributed by atoms with Crippen molar-refractivity contribution < 1.29 is 13.2 Å². The van der Waals surface area contributed by atoms with E-state index >= 15 is 0 Å². The summed E-state index contributed by atoms with van der Waals surface area (Å²) < 4.78 is 26.6. The van der Waals surface area contributed by atoms with E-state index in [1.807, 2.05) is 0 Å². The van der Waals surface area contributed by atoms with Crippen molar-refractivity contribution in [3.63, 3.8) is 0 Å². The molecule has 0 heterocycles. The minimum Gasteiger partial charge on any atom is -0.399 e. The number of likely N-dealkylation sites (N-methyl/N-ethyl adjacent to an activating group) is 1. The summed E-state index contributed by atoms with van der Waals surface area (Å²) in [5.41, 5.74) is 5.73. The predicted molar refractivity (Wildman–Crippen MR) is 74.0 cm³/mol. The number of nitrogens with one attached hydrogen (secondary N) is 1. The smallest absolute Gasteiger partial charge is 0.242 e. The van der Waals surface area contributed by atoms with Crippen molar-refractivity contribution in [3.05, 3.63) is 23.8 Å².